The molecule has 0 radical (unpaired) electrons. The predicted octanol–water partition coefficient (Wildman–Crippen LogP) is 2.48. The van der Waals surface area contributed by atoms with Gasteiger partial charge >= 0.3 is 0 Å². The lowest BCUT2D eigenvalue weighted by Crippen LogP contribution is -1.82. The number of nitrogens with one attached hydrogen (secondary N) is 1. The van der Waals surface area contributed by atoms with Crippen LogP contribution < -0.4 is 4.74 Å². The predicted molar refractivity (Wildman–Crippen MR) is 66.2 cm³/mol. The minimum atomic E-state index is -0.0101. The summed E-state index contributed by atoms with van der Waals surface area (Å²) in [4.78, 5) is 13.9. The fourth-order valence-electron chi connectivity index (χ4n) is 1.63. The van der Waals surface area contributed by atoms with Gasteiger partial charge in [0.2, 0.25) is 0 Å². The molecule has 4 heteroatoms. The van der Waals surface area contributed by atoms with Crippen molar-refractivity contribution < 1.29 is 14.6 Å². The van der Waals surface area contributed by atoms with Gasteiger partial charge in [-0.3, -0.25) is 4.79 Å². The first kappa shape index (κ1) is 11.3. The molecule has 17 heavy (non-hydrogen) atoms. The Kier molecular flexibility index (Phi) is 2.87. The summed E-state index contributed by atoms with van der Waals surface area (Å²) in [5.41, 5.74) is 1.61. The maximum Gasteiger partial charge on any atom is 0.161 e. The molecule has 1 aromatic carbocycles. The van der Waals surface area contributed by atoms with Crippen LogP contribution in [0.4, 0.5) is 0 Å². The van der Waals surface area contributed by atoms with E-state index < -0.39 is 0 Å². The molecule has 1 heterocycles. The fourth-order valence-corrected chi connectivity index (χ4v) is 1.63. The zero-order valence-corrected chi connectivity index (χ0v) is 9.65. The molecule has 0 amide bonds. The van der Waals surface area contributed by atoms with Gasteiger partial charge in [-0.25, -0.2) is 0 Å². The van der Waals surface area contributed by atoms with Crippen LogP contribution in [0.1, 0.15) is 12.6 Å². The second-order valence-electron chi connectivity index (χ2n) is 3.78. The Morgan fingerprint density at radius 3 is 2.82 bits per heavy atom. The Balaban J connectivity index is 2.47. The highest BCUT2D eigenvalue weighted by molar-refractivity contribution is 5.93. The summed E-state index contributed by atoms with van der Waals surface area (Å²) < 4.78 is 5.02. The number of aromatic amines is 1. The average molecular weight is 231 g/mol. The van der Waals surface area contributed by atoms with E-state index in [0.717, 1.165) is 16.6 Å². The second kappa shape index (κ2) is 4.33. The summed E-state index contributed by atoms with van der Waals surface area (Å²) in [7, 11) is 1.50. The molecular weight excluding hydrogens is 218 g/mol. The van der Waals surface area contributed by atoms with E-state index in [2.05, 4.69) is 4.98 Å². The quantitative estimate of drug-likeness (QED) is 0.798. The van der Waals surface area contributed by atoms with E-state index >= 15 is 0 Å². The summed E-state index contributed by atoms with van der Waals surface area (Å²) in [6.45, 7) is 1.49. The van der Waals surface area contributed by atoms with E-state index in [1.807, 2.05) is 6.07 Å². The summed E-state index contributed by atoms with van der Waals surface area (Å²) in [5, 5.41) is 10.5. The first-order valence-corrected chi connectivity index (χ1v) is 5.18. The third-order valence-electron chi connectivity index (χ3n) is 2.44. The number of hydrogen-bond acceptors (Lipinski definition) is 3. The van der Waals surface area contributed by atoms with Crippen LogP contribution in [-0.2, 0) is 4.79 Å². The van der Waals surface area contributed by atoms with Crippen molar-refractivity contribution in [3.63, 3.8) is 0 Å². The topological polar surface area (TPSA) is 62.3 Å². The van der Waals surface area contributed by atoms with Crippen LogP contribution in [0.25, 0.3) is 17.0 Å². The SMILES string of the molecule is COc1cc2cc(/C=C/C(C)=O)[nH]c2cc1O. The van der Waals surface area contributed by atoms with Gasteiger partial charge in [-0.1, -0.05) is 0 Å². The summed E-state index contributed by atoms with van der Waals surface area (Å²) >= 11 is 0. The van der Waals surface area contributed by atoms with Crippen molar-refractivity contribution in [2.75, 3.05) is 7.11 Å². The molecule has 0 aliphatic carbocycles. The normalized spacial score (nSPS) is 11.2. The number of methoxy groups -OCH3 is 1. The first-order valence-electron chi connectivity index (χ1n) is 5.18. The van der Waals surface area contributed by atoms with Crippen molar-refractivity contribution in [1.82, 2.24) is 4.98 Å². The van der Waals surface area contributed by atoms with Gasteiger partial charge in [0.05, 0.1) is 7.11 Å². The van der Waals surface area contributed by atoms with Gasteiger partial charge in [0.25, 0.3) is 0 Å². The van der Waals surface area contributed by atoms with E-state index in [0.29, 0.717) is 5.75 Å². The van der Waals surface area contributed by atoms with E-state index in [-0.39, 0.29) is 11.5 Å². The maximum atomic E-state index is 10.8. The van der Waals surface area contributed by atoms with Crippen molar-refractivity contribution >= 4 is 22.8 Å². The number of hydrogen-bond donors (Lipinski definition) is 2. The number of ether oxygens (including phenoxy) is 1. The van der Waals surface area contributed by atoms with Crippen LogP contribution in [-0.4, -0.2) is 23.0 Å². The van der Waals surface area contributed by atoms with Crippen LogP contribution in [0.5, 0.6) is 11.5 Å². The molecule has 4 nitrogen and oxygen atoms in total. The van der Waals surface area contributed by atoms with Gasteiger partial charge in [-0.2, -0.15) is 0 Å². The third kappa shape index (κ3) is 2.30. The highest BCUT2D eigenvalue weighted by Crippen LogP contribution is 2.31. The van der Waals surface area contributed by atoms with E-state index in [1.54, 1.807) is 18.2 Å². The summed E-state index contributed by atoms with van der Waals surface area (Å²) in [6.07, 6.45) is 3.19. The Labute approximate surface area is 98.5 Å². The van der Waals surface area contributed by atoms with Gasteiger partial charge in [0.1, 0.15) is 0 Å². The summed E-state index contributed by atoms with van der Waals surface area (Å²) in [6, 6.07) is 5.22. The molecule has 0 saturated carbocycles. The van der Waals surface area contributed by atoms with Gasteiger partial charge in [-0.15, -0.1) is 0 Å². The number of phenols is 1. The van der Waals surface area contributed by atoms with Crippen molar-refractivity contribution in [2.45, 2.75) is 6.92 Å². The smallest absolute Gasteiger partial charge is 0.161 e. The number of carbonyl (C=O) groups excluding carboxylic acids is 1. The number of aromatic nitrogens is 1. The number of rotatable bonds is 3. The highest BCUT2D eigenvalue weighted by atomic mass is 16.5. The van der Waals surface area contributed by atoms with Crippen LogP contribution in [0, 0.1) is 0 Å². The standard InChI is InChI=1S/C13H13NO3/c1-8(15)3-4-10-5-9-6-13(17-2)12(16)7-11(9)14-10/h3-7,14,16H,1-2H3/b4-3+. The van der Waals surface area contributed by atoms with Crippen molar-refractivity contribution in [3.8, 4) is 11.5 Å². The summed E-state index contributed by atoms with van der Waals surface area (Å²) in [5.74, 6) is 0.506. The molecule has 2 aromatic rings. The zero-order chi connectivity index (χ0) is 12.4. The lowest BCUT2D eigenvalue weighted by Gasteiger charge is -2.01. The molecule has 0 saturated heterocycles. The molecule has 0 fully saturated rings. The Morgan fingerprint density at radius 2 is 2.18 bits per heavy atom. The van der Waals surface area contributed by atoms with Gasteiger partial charge in [0.15, 0.2) is 17.3 Å². The molecule has 0 unspecified atom stereocenters. The fraction of sp³-hybridized carbons (Fsp3) is 0.154. The van der Waals surface area contributed by atoms with Crippen LogP contribution >= 0.6 is 0 Å². The molecule has 2 N–H and O–H groups in total. The largest absolute Gasteiger partial charge is 0.504 e. The van der Waals surface area contributed by atoms with Gasteiger partial charge in [0, 0.05) is 22.7 Å². The molecule has 0 bridgehead atoms. The van der Waals surface area contributed by atoms with E-state index in [4.69, 9.17) is 4.74 Å². The Morgan fingerprint density at radius 1 is 1.41 bits per heavy atom. The molecule has 2 rings (SSSR count). The molecule has 0 spiro atoms. The average Bonchev–Trinajstić information content (AvgIpc) is 2.67. The Bertz CT molecular complexity index is 596. The lowest BCUT2D eigenvalue weighted by molar-refractivity contribution is -0.112. The molecular formula is C13H13NO3. The molecule has 0 aliphatic heterocycles. The maximum absolute atomic E-state index is 10.8. The number of carbonyl (C=O) groups is 1. The molecule has 0 aliphatic rings. The Hall–Kier alpha value is -2.23. The lowest BCUT2D eigenvalue weighted by atomic mass is 10.2. The highest BCUT2D eigenvalue weighted by Gasteiger charge is 2.06. The number of aromatic hydroxyl groups is 1. The number of H-pyrrole nitrogens is 1. The number of allylic oxidation sites excluding steroid dienone is 1. The van der Waals surface area contributed by atoms with Crippen molar-refractivity contribution in [1.29, 1.82) is 0 Å². The molecule has 0 atom stereocenters. The van der Waals surface area contributed by atoms with Crippen molar-refractivity contribution in [3.05, 3.63) is 30.0 Å². The number of benzene rings is 1. The number of phenolic OH excluding ortho intramolecular Hbond substituents is 1. The van der Waals surface area contributed by atoms with Crippen LogP contribution in [0.3, 0.4) is 0 Å². The number of fused-ring (bicyclic) bond motifs is 1. The second-order valence-corrected chi connectivity index (χ2v) is 3.78. The van der Waals surface area contributed by atoms with E-state index in [9.17, 15) is 9.90 Å². The zero-order valence-electron chi connectivity index (χ0n) is 9.65. The van der Waals surface area contributed by atoms with E-state index in [1.165, 1.54) is 20.1 Å². The number of ketones is 1. The van der Waals surface area contributed by atoms with Gasteiger partial charge in [-0.05, 0) is 31.2 Å². The van der Waals surface area contributed by atoms with Crippen LogP contribution in [0.15, 0.2) is 24.3 Å². The first-order chi connectivity index (χ1) is 8.10. The third-order valence-corrected chi connectivity index (χ3v) is 2.44. The molecule has 88 valence electrons. The molecule has 1 aromatic heterocycles. The van der Waals surface area contributed by atoms with Crippen molar-refractivity contribution in [2.24, 2.45) is 0 Å². The minimum Gasteiger partial charge on any atom is -0.504 e. The minimum absolute atomic E-state index is 0.0101. The van der Waals surface area contributed by atoms with Crippen LogP contribution in [0.2, 0.25) is 0 Å². The monoisotopic (exact) mass is 231 g/mol. The van der Waals surface area contributed by atoms with Gasteiger partial charge < -0.3 is 14.8 Å².